The summed E-state index contributed by atoms with van der Waals surface area (Å²) in [5.41, 5.74) is 1.55. The Morgan fingerprint density at radius 1 is 1.41 bits per heavy atom. The summed E-state index contributed by atoms with van der Waals surface area (Å²) in [6.07, 6.45) is 0.114. The zero-order valence-electron chi connectivity index (χ0n) is 15.1. The van der Waals surface area contributed by atoms with Gasteiger partial charge in [0.1, 0.15) is 10.7 Å². The standard InChI is InChI=1S/C18H17ClF2N4O4/c19-13-5-10(6-24-17(13)29-9-14(20)21)7-25-8-12-11(18(25)28)1-2-22-15(12)16(27)23-3-4-26/h1-2,5-6,14,26H,3-4,7-9H2,(H,23,27). The fourth-order valence-electron chi connectivity index (χ4n) is 2.88. The maximum Gasteiger partial charge on any atom is 0.272 e. The molecular formula is C18H17ClF2N4O4. The number of nitrogens with zero attached hydrogens (tertiary/aromatic N) is 3. The second kappa shape index (κ2) is 9.10. The first kappa shape index (κ1) is 20.9. The van der Waals surface area contributed by atoms with E-state index in [0.29, 0.717) is 16.7 Å². The molecule has 2 N–H and O–H groups in total. The maximum atomic E-state index is 12.7. The molecule has 2 aromatic rings. The van der Waals surface area contributed by atoms with E-state index in [9.17, 15) is 18.4 Å². The average Bonchev–Trinajstić information content (AvgIpc) is 3.01. The Labute approximate surface area is 169 Å². The van der Waals surface area contributed by atoms with Crippen LogP contribution in [0.2, 0.25) is 5.02 Å². The Hall–Kier alpha value is -2.85. The average molecular weight is 427 g/mol. The van der Waals surface area contributed by atoms with Crippen molar-refractivity contribution >= 4 is 23.4 Å². The van der Waals surface area contributed by atoms with E-state index in [1.165, 1.54) is 29.4 Å². The number of amides is 2. The van der Waals surface area contributed by atoms with Crippen LogP contribution in [0.4, 0.5) is 8.78 Å². The smallest absolute Gasteiger partial charge is 0.272 e. The van der Waals surface area contributed by atoms with E-state index < -0.39 is 18.9 Å². The lowest BCUT2D eigenvalue weighted by Gasteiger charge is -2.16. The van der Waals surface area contributed by atoms with Crippen molar-refractivity contribution in [2.45, 2.75) is 19.5 Å². The fourth-order valence-corrected chi connectivity index (χ4v) is 3.13. The van der Waals surface area contributed by atoms with Crippen LogP contribution in [0.15, 0.2) is 24.5 Å². The number of ether oxygens (including phenoxy) is 1. The molecule has 1 aliphatic rings. The van der Waals surface area contributed by atoms with Gasteiger partial charge in [-0.25, -0.2) is 13.8 Å². The van der Waals surface area contributed by atoms with Crippen LogP contribution in [0.5, 0.6) is 5.88 Å². The van der Waals surface area contributed by atoms with Crippen LogP contribution in [0.3, 0.4) is 0 Å². The van der Waals surface area contributed by atoms with Gasteiger partial charge in [0, 0.05) is 43.2 Å². The largest absolute Gasteiger partial charge is 0.471 e. The summed E-state index contributed by atoms with van der Waals surface area (Å²) in [6, 6.07) is 3.02. The third-order valence-corrected chi connectivity index (χ3v) is 4.39. The number of pyridine rings is 2. The highest BCUT2D eigenvalue weighted by Gasteiger charge is 2.31. The minimum atomic E-state index is -2.65. The highest BCUT2D eigenvalue weighted by molar-refractivity contribution is 6.31. The quantitative estimate of drug-likeness (QED) is 0.665. The molecule has 11 heteroatoms. The van der Waals surface area contributed by atoms with E-state index >= 15 is 0 Å². The first-order chi connectivity index (χ1) is 13.9. The van der Waals surface area contributed by atoms with Gasteiger partial charge in [-0.05, 0) is 17.7 Å². The number of rotatable bonds is 8. The summed E-state index contributed by atoms with van der Waals surface area (Å²) in [7, 11) is 0. The molecule has 29 heavy (non-hydrogen) atoms. The van der Waals surface area contributed by atoms with Crippen molar-refractivity contribution in [3.8, 4) is 5.88 Å². The van der Waals surface area contributed by atoms with Gasteiger partial charge < -0.3 is 20.1 Å². The molecule has 2 amide bonds. The van der Waals surface area contributed by atoms with E-state index in [1.807, 2.05) is 0 Å². The van der Waals surface area contributed by atoms with E-state index in [4.69, 9.17) is 21.4 Å². The van der Waals surface area contributed by atoms with Crippen molar-refractivity contribution in [2.75, 3.05) is 19.8 Å². The topological polar surface area (TPSA) is 105 Å². The molecule has 0 saturated carbocycles. The minimum absolute atomic E-state index is 0.0537. The third-order valence-electron chi connectivity index (χ3n) is 4.12. The molecule has 0 aliphatic carbocycles. The highest BCUT2D eigenvalue weighted by Crippen LogP contribution is 2.28. The molecule has 8 nitrogen and oxygen atoms in total. The van der Waals surface area contributed by atoms with Gasteiger partial charge in [-0.2, -0.15) is 0 Å². The van der Waals surface area contributed by atoms with Crippen molar-refractivity contribution in [1.29, 1.82) is 0 Å². The summed E-state index contributed by atoms with van der Waals surface area (Å²) in [5.74, 6) is -0.873. The molecule has 0 radical (unpaired) electrons. The summed E-state index contributed by atoms with van der Waals surface area (Å²) in [6.45, 7) is -0.652. The van der Waals surface area contributed by atoms with Gasteiger partial charge in [0.15, 0.2) is 6.61 Å². The Balaban J connectivity index is 1.74. The number of aliphatic hydroxyl groups excluding tert-OH is 1. The van der Waals surface area contributed by atoms with E-state index in [-0.39, 0.29) is 48.7 Å². The Bertz CT molecular complexity index is 929. The SMILES string of the molecule is O=C(NCCO)c1nccc2c1CN(Cc1cnc(OCC(F)F)c(Cl)c1)C2=O. The third kappa shape index (κ3) is 4.77. The summed E-state index contributed by atoms with van der Waals surface area (Å²) >= 11 is 6.02. The summed E-state index contributed by atoms with van der Waals surface area (Å²) < 4.78 is 29.3. The molecule has 2 aromatic heterocycles. The number of nitrogens with one attached hydrogen (secondary N) is 1. The number of carbonyl (C=O) groups is 2. The molecule has 0 saturated heterocycles. The van der Waals surface area contributed by atoms with E-state index in [1.54, 1.807) is 0 Å². The maximum absolute atomic E-state index is 12.7. The van der Waals surface area contributed by atoms with Crippen LogP contribution in [-0.4, -0.2) is 58.0 Å². The zero-order chi connectivity index (χ0) is 21.0. The predicted octanol–water partition coefficient (Wildman–Crippen LogP) is 1.65. The van der Waals surface area contributed by atoms with Gasteiger partial charge in [-0.15, -0.1) is 0 Å². The van der Waals surface area contributed by atoms with Crippen molar-refractivity contribution in [3.63, 3.8) is 0 Å². The number of aliphatic hydroxyl groups is 1. The minimum Gasteiger partial charge on any atom is -0.471 e. The first-order valence-corrected chi connectivity index (χ1v) is 9.00. The van der Waals surface area contributed by atoms with Crippen molar-refractivity contribution in [2.24, 2.45) is 0 Å². The number of carbonyl (C=O) groups excluding carboxylic acids is 2. The second-order valence-corrected chi connectivity index (χ2v) is 6.57. The normalized spacial score (nSPS) is 13.0. The monoisotopic (exact) mass is 426 g/mol. The van der Waals surface area contributed by atoms with Crippen LogP contribution in [0.1, 0.15) is 32.0 Å². The van der Waals surface area contributed by atoms with Gasteiger partial charge in [0.2, 0.25) is 5.88 Å². The van der Waals surface area contributed by atoms with Crippen LogP contribution < -0.4 is 10.1 Å². The fraction of sp³-hybridized carbons (Fsp3) is 0.333. The zero-order valence-corrected chi connectivity index (χ0v) is 15.8. The summed E-state index contributed by atoms with van der Waals surface area (Å²) in [4.78, 5) is 34.4. The molecule has 1 aliphatic heterocycles. The Kier molecular flexibility index (Phi) is 6.55. The van der Waals surface area contributed by atoms with Crippen molar-refractivity contribution < 1.29 is 28.2 Å². The molecule has 3 rings (SSSR count). The van der Waals surface area contributed by atoms with Crippen molar-refractivity contribution in [1.82, 2.24) is 20.2 Å². The van der Waals surface area contributed by atoms with Crippen LogP contribution in [0.25, 0.3) is 0 Å². The first-order valence-electron chi connectivity index (χ1n) is 8.62. The second-order valence-electron chi connectivity index (χ2n) is 6.16. The number of hydrogen-bond donors (Lipinski definition) is 2. The lowest BCUT2D eigenvalue weighted by molar-refractivity contribution is 0.0762. The van der Waals surface area contributed by atoms with Gasteiger partial charge >= 0.3 is 0 Å². The number of halogens is 3. The molecule has 154 valence electrons. The Morgan fingerprint density at radius 2 is 2.21 bits per heavy atom. The van der Waals surface area contributed by atoms with Crippen molar-refractivity contribution in [3.05, 3.63) is 51.9 Å². The lowest BCUT2D eigenvalue weighted by Crippen LogP contribution is -2.28. The predicted molar refractivity (Wildman–Crippen MR) is 98.0 cm³/mol. The van der Waals surface area contributed by atoms with E-state index in [2.05, 4.69) is 15.3 Å². The summed E-state index contributed by atoms with van der Waals surface area (Å²) in [5, 5.41) is 11.4. The molecule has 0 unspecified atom stereocenters. The molecule has 0 atom stereocenters. The number of aromatic nitrogens is 2. The molecule has 0 bridgehead atoms. The van der Waals surface area contributed by atoms with Gasteiger partial charge in [0.05, 0.1) is 6.61 Å². The molecule has 0 spiro atoms. The molecule has 0 fully saturated rings. The van der Waals surface area contributed by atoms with Crippen LogP contribution in [0, 0.1) is 0 Å². The number of fused-ring (bicyclic) bond motifs is 1. The number of alkyl halides is 2. The highest BCUT2D eigenvalue weighted by atomic mass is 35.5. The molecular weight excluding hydrogens is 410 g/mol. The van der Waals surface area contributed by atoms with Gasteiger partial charge in [0.25, 0.3) is 18.2 Å². The molecule has 3 heterocycles. The van der Waals surface area contributed by atoms with E-state index in [0.717, 1.165) is 0 Å². The van der Waals surface area contributed by atoms with Gasteiger partial charge in [-0.1, -0.05) is 11.6 Å². The van der Waals surface area contributed by atoms with Crippen LogP contribution in [-0.2, 0) is 13.1 Å². The Morgan fingerprint density at radius 3 is 2.90 bits per heavy atom. The lowest BCUT2D eigenvalue weighted by atomic mass is 10.1. The number of hydrogen-bond acceptors (Lipinski definition) is 6. The molecule has 0 aromatic carbocycles. The van der Waals surface area contributed by atoms with Gasteiger partial charge in [-0.3, -0.25) is 14.6 Å². The van der Waals surface area contributed by atoms with Crippen LogP contribution >= 0.6 is 11.6 Å².